The van der Waals surface area contributed by atoms with Crippen LogP contribution in [0.5, 0.6) is 0 Å². The Morgan fingerprint density at radius 2 is 1.03 bits per heavy atom. The molecule has 0 aliphatic rings. The monoisotopic (exact) mass is 530 g/mol. The molecule has 0 bridgehead atoms. The zero-order chi connectivity index (χ0) is 27.0. The van der Waals surface area contributed by atoms with Gasteiger partial charge in [0.05, 0.1) is 27.7 Å². The second kappa shape index (κ2) is 23.9. The second-order valence-electron chi connectivity index (χ2n) is 11.8. The van der Waals surface area contributed by atoms with Gasteiger partial charge in [0.25, 0.3) is 0 Å². The van der Waals surface area contributed by atoms with Crippen LogP contribution in [0.1, 0.15) is 155 Å². The van der Waals surface area contributed by atoms with Gasteiger partial charge in [-0.1, -0.05) is 122 Å². The SMILES string of the molecule is CCCCCCCCCCCCCCCCC=CCCCCCCOP(=O)(O)C(CCC)[N+](C)(C)C. The molecule has 0 saturated carbocycles. The smallest absolute Gasteiger partial charge is 0.320 e. The fraction of sp³-hybridized carbons (Fsp3) is 0.935. The van der Waals surface area contributed by atoms with Gasteiger partial charge in [-0.25, -0.2) is 0 Å². The lowest BCUT2D eigenvalue weighted by molar-refractivity contribution is -0.883. The lowest BCUT2D eigenvalue weighted by Gasteiger charge is -2.35. The first-order valence-corrected chi connectivity index (χ1v) is 17.3. The zero-order valence-electron chi connectivity index (χ0n) is 25.2. The lowest BCUT2D eigenvalue weighted by atomic mass is 10.0. The van der Waals surface area contributed by atoms with Crippen LogP contribution < -0.4 is 0 Å². The van der Waals surface area contributed by atoms with Crippen LogP contribution in [-0.4, -0.2) is 42.9 Å². The molecule has 0 fully saturated rings. The molecule has 4 nitrogen and oxygen atoms in total. The van der Waals surface area contributed by atoms with Gasteiger partial charge in [-0.15, -0.1) is 0 Å². The predicted molar refractivity (Wildman–Crippen MR) is 160 cm³/mol. The summed E-state index contributed by atoms with van der Waals surface area (Å²) in [6.45, 7) is 4.73. The minimum absolute atomic E-state index is 0.340. The van der Waals surface area contributed by atoms with Crippen LogP contribution in [0.4, 0.5) is 0 Å². The van der Waals surface area contributed by atoms with Gasteiger partial charge >= 0.3 is 7.60 Å². The standard InChI is InChI=1S/C31H64NO3P/c1-6-8-9-10-11-12-13-14-15-16-17-18-19-20-21-22-23-24-25-26-27-28-30-35-36(33,34)31(29-7-2)32(3,4)5/h22-23,31H,6-21,24-30H2,1-5H3/p+1. The average Bonchev–Trinajstić information content (AvgIpc) is 2.82. The van der Waals surface area contributed by atoms with E-state index in [1.807, 2.05) is 21.1 Å². The van der Waals surface area contributed by atoms with Gasteiger partial charge < -0.3 is 13.9 Å². The molecular formula is C31H65NO3P+. The summed E-state index contributed by atoms with van der Waals surface area (Å²) in [6.07, 6.45) is 32.8. The van der Waals surface area contributed by atoms with Gasteiger partial charge in [0.1, 0.15) is 0 Å². The maximum atomic E-state index is 12.7. The number of nitrogens with zero attached hydrogens (tertiary/aromatic N) is 1. The summed E-state index contributed by atoms with van der Waals surface area (Å²) in [4.78, 5) is 10.4. The molecular weight excluding hydrogens is 465 g/mol. The first-order valence-electron chi connectivity index (χ1n) is 15.7. The fourth-order valence-electron chi connectivity index (χ4n) is 4.94. The molecule has 0 heterocycles. The van der Waals surface area contributed by atoms with E-state index in [0.717, 1.165) is 32.1 Å². The van der Waals surface area contributed by atoms with Crippen molar-refractivity contribution in [1.82, 2.24) is 0 Å². The van der Waals surface area contributed by atoms with Gasteiger partial charge in [-0.2, -0.15) is 0 Å². The van der Waals surface area contributed by atoms with Crippen molar-refractivity contribution >= 4 is 7.60 Å². The van der Waals surface area contributed by atoms with Crippen molar-refractivity contribution in [1.29, 1.82) is 0 Å². The van der Waals surface area contributed by atoms with Crippen molar-refractivity contribution in [2.45, 2.75) is 161 Å². The Bertz CT molecular complexity index is 544. The molecule has 0 saturated heterocycles. The van der Waals surface area contributed by atoms with E-state index in [9.17, 15) is 9.46 Å². The Hall–Kier alpha value is -0.150. The van der Waals surface area contributed by atoms with Crippen molar-refractivity contribution in [3.05, 3.63) is 12.2 Å². The maximum absolute atomic E-state index is 12.7. The largest absolute Gasteiger partial charge is 0.385 e. The van der Waals surface area contributed by atoms with Gasteiger partial charge in [0, 0.05) is 6.42 Å². The van der Waals surface area contributed by atoms with Crippen LogP contribution in [0.2, 0.25) is 0 Å². The highest BCUT2D eigenvalue weighted by atomic mass is 31.2. The summed E-state index contributed by atoms with van der Waals surface area (Å²) < 4.78 is 18.6. The van der Waals surface area contributed by atoms with Gasteiger partial charge in [0.15, 0.2) is 5.78 Å². The molecule has 1 N–H and O–H groups in total. The minimum atomic E-state index is -3.58. The van der Waals surface area contributed by atoms with Crippen molar-refractivity contribution in [2.24, 2.45) is 0 Å². The quantitative estimate of drug-likeness (QED) is 0.0497. The molecule has 0 aromatic heterocycles. The van der Waals surface area contributed by atoms with Crippen LogP contribution in [0.25, 0.3) is 0 Å². The van der Waals surface area contributed by atoms with E-state index in [0.29, 0.717) is 17.5 Å². The third-order valence-electron chi connectivity index (χ3n) is 7.25. The van der Waals surface area contributed by atoms with Crippen LogP contribution in [-0.2, 0) is 9.09 Å². The van der Waals surface area contributed by atoms with Gasteiger partial charge in [-0.05, 0) is 38.5 Å². The molecule has 36 heavy (non-hydrogen) atoms. The number of allylic oxidation sites excluding steroid dienone is 2. The number of hydrogen-bond donors (Lipinski definition) is 1. The van der Waals surface area contributed by atoms with Crippen molar-refractivity contribution in [3.63, 3.8) is 0 Å². The van der Waals surface area contributed by atoms with Crippen LogP contribution in [0.3, 0.4) is 0 Å². The van der Waals surface area contributed by atoms with E-state index in [1.165, 1.54) is 103 Å². The van der Waals surface area contributed by atoms with E-state index in [-0.39, 0.29) is 5.78 Å². The highest BCUT2D eigenvalue weighted by Crippen LogP contribution is 2.51. The Labute approximate surface area is 226 Å². The molecule has 216 valence electrons. The van der Waals surface area contributed by atoms with E-state index in [4.69, 9.17) is 4.52 Å². The Balaban J connectivity index is 3.47. The van der Waals surface area contributed by atoms with Crippen LogP contribution in [0, 0.1) is 0 Å². The third-order valence-corrected chi connectivity index (χ3v) is 9.51. The van der Waals surface area contributed by atoms with Crippen molar-refractivity contribution in [2.75, 3.05) is 27.7 Å². The predicted octanol–water partition coefficient (Wildman–Crippen LogP) is 10.4. The molecule has 0 aromatic rings. The second-order valence-corrected chi connectivity index (χ2v) is 13.8. The van der Waals surface area contributed by atoms with Gasteiger partial charge in [0.2, 0.25) is 0 Å². The molecule has 0 rings (SSSR count). The summed E-state index contributed by atoms with van der Waals surface area (Å²) in [5.41, 5.74) is 0. The topological polar surface area (TPSA) is 46.5 Å². The summed E-state index contributed by atoms with van der Waals surface area (Å²) >= 11 is 0. The number of rotatable bonds is 27. The highest BCUT2D eigenvalue weighted by Gasteiger charge is 2.41. The molecule has 2 atom stereocenters. The van der Waals surface area contributed by atoms with Crippen molar-refractivity contribution < 1.29 is 18.5 Å². The molecule has 2 unspecified atom stereocenters. The zero-order valence-corrected chi connectivity index (χ0v) is 26.0. The summed E-state index contributed by atoms with van der Waals surface area (Å²) in [5.74, 6) is -0.340. The Kier molecular flexibility index (Phi) is 23.8. The summed E-state index contributed by atoms with van der Waals surface area (Å²) in [6, 6.07) is 0. The number of quaternary nitrogens is 1. The van der Waals surface area contributed by atoms with Crippen LogP contribution >= 0.6 is 7.60 Å². The lowest BCUT2D eigenvalue weighted by Crippen LogP contribution is -2.45. The molecule has 0 spiro atoms. The molecule has 0 aromatic carbocycles. The highest BCUT2D eigenvalue weighted by molar-refractivity contribution is 7.53. The van der Waals surface area contributed by atoms with E-state index in [1.54, 1.807) is 0 Å². The molecule has 0 aliphatic heterocycles. The maximum Gasteiger partial charge on any atom is 0.385 e. The molecule has 0 aliphatic carbocycles. The average molecular weight is 531 g/mol. The molecule has 5 heteroatoms. The van der Waals surface area contributed by atoms with E-state index in [2.05, 4.69) is 26.0 Å². The number of unbranched alkanes of at least 4 members (excludes halogenated alkanes) is 18. The molecule has 0 amide bonds. The fourth-order valence-corrected chi connectivity index (χ4v) is 6.96. The third kappa shape index (κ3) is 21.9. The Morgan fingerprint density at radius 3 is 1.42 bits per heavy atom. The van der Waals surface area contributed by atoms with Crippen molar-refractivity contribution in [3.8, 4) is 0 Å². The Morgan fingerprint density at radius 1 is 0.639 bits per heavy atom. The summed E-state index contributed by atoms with van der Waals surface area (Å²) in [5, 5.41) is 0. The first-order chi connectivity index (χ1) is 17.3. The normalized spacial score (nSPS) is 14.9. The van der Waals surface area contributed by atoms with E-state index < -0.39 is 7.60 Å². The van der Waals surface area contributed by atoms with Crippen LogP contribution in [0.15, 0.2) is 12.2 Å². The number of hydrogen-bond acceptors (Lipinski definition) is 2. The summed E-state index contributed by atoms with van der Waals surface area (Å²) in [7, 11) is 2.34. The van der Waals surface area contributed by atoms with E-state index >= 15 is 0 Å². The molecule has 0 radical (unpaired) electrons. The first kappa shape index (κ1) is 35.9. The minimum Gasteiger partial charge on any atom is -0.320 e. The van der Waals surface area contributed by atoms with Gasteiger partial charge in [-0.3, -0.25) is 4.57 Å².